The summed E-state index contributed by atoms with van der Waals surface area (Å²) < 4.78 is 0. The van der Waals surface area contributed by atoms with Gasteiger partial charge in [0.15, 0.2) is 0 Å². The van der Waals surface area contributed by atoms with Crippen molar-refractivity contribution in [2.75, 3.05) is 39.3 Å². The summed E-state index contributed by atoms with van der Waals surface area (Å²) in [5.74, 6) is 0.205. The van der Waals surface area contributed by atoms with Gasteiger partial charge < -0.3 is 14.7 Å². The minimum absolute atomic E-state index is 0.00354. The molecule has 134 valence electrons. The van der Waals surface area contributed by atoms with Crippen molar-refractivity contribution in [2.24, 2.45) is 5.92 Å². The highest BCUT2D eigenvalue weighted by molar-refractivity contribution is 5.94. The Labute approximate surface area is 147 Å². The van der Waals surface area contributed by atoms with Gasteiger partial charge >= 0.3 is 0 Å². The van der Waals surface area contributed by atoms with E-state index in [-0.39, 0.29) is 23.6 Å². The van der Waals surface area contributed by atoms with Crippen molar-refractivity contribution in [1.29, 1.82) is 0 Å². The zero-order valence-electron chi connectivity index (χ0n) is 14.6. The summed E-state index contributed by atoms with van der Waals surface area (Å²) >= 11 is 0. The smallest absolute Gasteiger partial charge is 0.255 e. The van der Waals surface area contributed by atoms with Crippen molar-refractivity contribution < 1.29 is 14.4 Å². The van der Waals surface area contributed by atoms with Crippen LogP contribution in [-0.4, -0.2) is 76.7 Å². The Balaban J connectivity index is 1.50. The third kappa shape index (κ3) is 3.97. The van der Waals surface area contributed by atoms with Crippen molar-refractivity contribution in [1.82, 2.24) is 19.7 Å². The lowest BCUT2D eigenvalue weighted by Gasteiger charge is -2.38. The van der Waals surface area contributed by atoms with Crippen LogP contribution >= 0.6 is 0 Å². The molecule has 0 saturated carbocycles. The summed E-state index contributed by atoms with van der Waals surface area (Å²) in [5, 5.41) is 0. The monoisotopic (exact) mass is 344 g/mol. The van der Waals surface area contributed by atoms with Gasteiger partial charge in [0.05, 0.1) is 5.56 Å². The van der Waals surface area contributed by atoms with Gasteiger partial charge in [-0.05, 0) is 25.0 Å². The number of hydrogen-bond acceptors (Lipinski definition) is 4. The predicted molar refractivity (Wildman–Crippen MR) is 91.7 cm³/mol. The molecule has 0 radical (unpaired) electrons. The molecule has 2 fully saturated rings. The highest BCUT2D eigenvalue weighted by Crippen LogP contribution is 2.21. The molecule has 2 aliphatic heterocycles. The molecule has 2 saturated heterocycles. The van der Waals surface area contributed by atoms with Crippen LogP contribution in [-0.2, 0) is 9.59 Å². The van der Waals surface area contributed by atoms with E-state index in [4.69, 9.17) is 0 Å². The minimum atomic E-state index is -0.0324. The number of piperidine rings is 1. The second-order valence-corrected chi connectivity index (χ2v) is 6.64. The fourth-order valence-electron chi connectivity index (χ4n) is 3.50. The summed E-state index contributed by atoms with van der Waals surface area (Å²) in [6, 6.07) is 3.51. The number of hydrogen-bond donors (Lipinski definition) is 0. The first-order valence-corrected chi connectivity index (χ1v) is 8.80. The molecule has 3 amide bonds. The molecule has 3 rings (SSSR count). The summed E-state index contributed by atoms with van der Waals surface area (Å²) in [5.41, 5.74) is 0.582. The molecule has 0 unspecified atom stereocenters. The van der Waals surface area contributed by atoms with Gasteiger partial charge in [-0.1, -0.05) is 0 Å². The SMILES string of the molecule is CC(=O)N1CCC(C(=O)N2CCN(C(=O)c3cccnc3)CC2)CC1. The minimum Gasteiger partial charge on any atom is -0.343 e. The second-order valence-electron chi connectivity index (χ2n) is 6.64. The van der Waals surface area contributed by atoms with E-state index >= 15 is 0 Å². The van der Waals surface area contributed by atoms with Crippen LogP contribution in [0.15, 0.2) is 24.5 Å². The topological polar surface area (TPSA) is 73.8 Å². The molecule has 7 heteroatoms. The van der Waals surface area contributed by atoms with E-state index in [9.17, 15) is 14.4 Å². The first-order chi connectivity index (χ1) is 12.1. The number of aromatic nitrogens is 1. The van der Waals surface area contributed by atoms with Crippen LogP contribution < -0.4 is 0 Å². The lowest BCUT2D eigenvalue weighted by atomic mass is 9.95. The van der Waals surface area contributed by atoms with Crippen LogP contribution in [0.5, 0.6) is 0 Å². The largest absolute Gasteiger partial charge is 0.343 e. The number of amides is 3. The molecular weight excluding hydrogens is 320 g/mol. The summed E-state index contributed by atoms with van der Waals surface area (Å²) in [6.07, 6.45) is 4.67. The molecule has 7 nitrogen and oxygen atoms in total. The highest BCUT2D eigenvalue weighted by atomic mass is 16.2. The molecule has 0 bridgehead atoms. The molecule has 1 aromatic rings. The average Bonchev–Trinajstić information content (AvgIpc) is 2.67. The summed E-state index contributed by atoms with van der Waals surface area (Å²) in [6.45, 7) is 5.12. The maximum Gasteiger partial charge on any atom is 0.255 e. The van der Waals surface area contributed by atoms with Gasteiger partial charge in [-0.2, -0.15) is 0 Å². The first-order valence-electron chi connectivity index (χ1n) is 8.80. The predicted octanol–water partition coefficient (Wildman–Crippen LogP) is 0.624. The van der Waals surface area contributed by atoms with Crippen LogP contribution in [0.2, 0.25) is 0 Å². The maximum atomic E-state index is 12.7. The summed E-state index contributed by atoms with van der Waals surface area (Å²) in [7, 11) is 0. The molecule has 1 aromatic heterocycles. The van der Waals surface area contributed by atoms with E-state index in [0.717, 1.165) is 12.8 Å². The van der Waals surface area contributed by atoms with Crippen molar-refractivity contribution in [3.63, 3.8) is 0 Å². The van der Waals surface area contributed by atoms with Crippen LogP contribution in [0.25, 0.3) is 0 Å². The zero-order valence-corrected chi connectivity index (χ0v) is 14.6. The molecule has 0 aromatic carbocycles. The van der Waals surface area contributed by atoms with E-state index in [1.54, 1.807) is 41.2 Å². The van der Waals surface area contributed by atoms with E-state index in [0.29, 0.717) is 44.8 Å². The highest BCUT2D eigenvalue weighted by Gasteiger charge is 2.31. The Hall–Kier alpha value is -2.44. The lowest BCUT2D eigenvalue weighted by Crippen LogP contribution is -2.53. The van der Waals surface area contributed by atoms with Gasteiger partial charge in [0, 0.05) is 64.5 Å². The van der Waals surface area contributed by atoms with E-state index in [1.165, 1.54) is 0 Å². The number of nitrogens with zero attached hydrogens (tertiary/aromatic N) is 4. The van der Waals surface area contributed by atoms with Gasteiger partial charge in [0.2, 0.25) is 11.8 Å². The third-order valence-corrected chi connectivity index (χ3v) is 5.08. The molecule has 25 heavy (non-hydrogen) atoms. The van der Waals surface area contributed by atoms with Crippen LogP contribution in [0.1, 0.15) is 30.1 Å². The van der Waals surface area contributed by atoms with Crippen LogP contribution in [0, 0.1) is 5.92 Å². The van der Waals surface area contributed by atoms with Crippen molar-refractivity contribution in [2.45, 2.75) is 19.8 Å². The molecule has 0 atom stereocenters. The van der Waals surface area contributed by atoms with Gasteiger partial charge in [0.25, 0.3) is 5.91 Å². The standard InChI is InChI=1S/C18H24N4O3/c1-14(23)20-7-4-15(5-8-20)17(24)21-9-11-22(12-10-21)18(25)16-3-2-6-19-13-16/h2-3,6,13,15H,4-5,7-12H2,1H3. The van der Waals surface area contributed by atoms with Gasteiger partial charge in [-0.3, -0.25) is 19.4 Å². The number of pyridine rings is 1. The Bertz CT molecular complexity index is 633. The number of rotatable bonds is 2. The third-order valence-electron chi connectivity index (χ3n) is 5.08. The quantitative estimate of drug-likeness (QED) is 0.788. The number of piperazine rings is 1. The van der Waals surface area contributed by atoms with Gasteiger partial charge in [-0.25, -0.2) is 0 Å². The molecule has 3 heterocycles. The Morgan fingerprint density at radius 2 is 1.60 bits per heavy atom. The molecule has 0 aliphatic carbocycles. The molecule has 0 N–H and O–H groups in total. The molecule has 2 aliphatic rings. The first kappa shape index (κ1) is 17.4. The number of likely N-dealkylation sites (tertiary alicyclic amines) is 1. The van der Waals surface area contributed by atoms with E-state index in [2.05, 4.69) is 4.98 Å². The molecular formula is C18H24N4O3. The number of carbonyl (C=O) groups is 3. The second kappa shape index (κ2) is 7.63. The van der Waals surface area contributed by atoms with E-state index < -0.39 is 0 Å². The van der Waals surface area contributed by atoms with Crippen LogP contribution in [0.4, 0.5) is 0 Å². The summed E-state index contributed by atoms with van der Waals surface area (Å²) in [4.78, 5) is 45.9. The van der Waals surface area contributed by atoms with E-state index in [1.807, 2.05) is 4.90 Å². The van der Waals surface area contributed by atoms with Crippen LogP contribution in [0.3, 0.4) is 0 Å². The number of carbonyl (C=O) groups excluding carboxylic acids is 3. The lowest BCUT2D eigenvalue weighted by molar-refractivity contribution is -0.141. The maximum absolute atomic E-state index is 12.7. The Morgan fingerprint density at radius 3 is 2.16 bits per heavy atom. The van der Waals surface area contributed by atoms with Gasteiger partial charge in [-0.15, -0.1) is 0 Å². The fraction of sp³-hybridized carbons (Fsp3) is 0.556. The van der Waals surface area contributed by atoms with Crippen molar-refractivity contribution >= 4 is 17.7 Å². The average molecular weight is 344 g/mol. The fourth-order valence-corrected chi connectivity index (χ4v) is 3.50. The molecule has 0 spiro atoms. The van der Waals surface area contributed by atoms with Crippen molar-refractivity contribution in [3.05, 3.63) is 30.1 Å². The normalized spacial score (nSPS) is 19.0. The zero-order chi connectivity index (χ0) is 17.8. The van der Waals surface area contributed by atoms with Crippen molar-refractivity contribution in [3.8, 4) is 0 Å². The van der Waals surface area contributed by atoms with Gasteiger partial charge in [0.1, 0.15) is 0 Å². The Kier molecular flexibility index (Phi) is 5.31. The Morgan fingerprint density at radius 1 is 0.960 bits per heavy atom.